The number of hydrogen-bond acceptors (Lipinski definition) is 4. The zero-order valence-corrected chi connectivity index (χ0v) is 18.3. The van der Waals surface area contributed by atoms with E-state index in [4.69, 9.17) is 0 Å². The Balaban J connectivity index is 1.55. The number of carbonyl (C=O) groups excluding carboxylic acids is 2. The third kappa shape index (κ3) is 5.81. The van der Waals surface area contributed by atoms with Gasteiger partial charge < -0.3 is 15.1 Å². The molecule has 0 bridgehead atoms. The summed E-state index contributed by atoms with van der Waals surface area (Å²) in [5.74, 6) is 0.153. The lowest BCUT2D eigenvalue weighted by molar-refractivity contribution is -0.136. The van der Waals surface area contributed by atoms with Gasteiger partial charge in [-0.2, -0.15) is 0 Å². The van der Waals surface area contributed by atoms with Crippen LogP contribution in [-0.2, 0) is 4.79 Å². The minimum absolute atomic E-state index is 0.00295. The van der Waals surface area contributed by atoms with Crippen molar-refractivity contribution >= 4 is 23.3 Å². The van der Waals surface area contributed by atoms with Gasteiger partial charge in [0.2, 0.25) is 5.91 Å². The average molecular weight is 427 g/mol. The molecule has 6 nitrogen and oxygen atoms in total. The van der Waals surface area contributed by atoms with Crippen molar-refractivity contribution < 1.29 is 14.0 Å². The molecule has 0 spiro atoms. The summed E-state index contributed by atoms with van der Waals surface area (Å²) >= 11 is 0. The van der Waals surface area contributed by atoms with E-state index in [0.29, 0.717) is 18.8 Å². The second-order valence-electron chi connectivity index (χ2n) is 7.93. The van der Waals surface area contributed by atoms with Crippen molar-refractivity contribution in [1.29, 1.82) is 0 Å². The van der Waals surface area contributed by atoms with Crippen LogP contribution in [0.4, 0.5) is 15.9 Å². The Kier molecular flexibility index (Phi) is 7.98. The van der Waals surface area contributed by atoms with Crippen LogP contribution in [0.1, 0.15) is 49.9 Å². The van der Waals surface area contributed by atoms with Gasteiger partial charge >= 0.3 is 0 Å². The van der Waals surface area contributed by atoms with Crippen molar-refractivity contribution in [2.45, 2.75) is 39.5 Å². The standard InChI is InChI=1S/C24H31FN4O2/c1-3-7-18(8-4-2)24(31)29-15-13-28(14-16-29)22-12-11-19(17-26-22)27-23(30)20-9-5-6-10-21(20)25/h5-6,9-12,17-18H,3-4,7-8,13-16H2,1-2H3,(H,27,30). The Morgan fingerprint density at radius 3 is 2.29 bits per heavy atom. The molecule has 1 fully saturated rings. The molecular weight excluding hydrogens is 395 g/mol. The van der Waals surface area contributed by atoms with E-state index < -0.39 is 11.7 Å². The number of nitrogens with zero attached hydrogens (tertiary/aromatic N) is 3. The predicted octanol–water partition coefficient (Wildman–Crippen LogP) is 4.34. The Labute approximate surface area is 183 Å². The SMILES string of the molecule is CCCC(CCC)C(=O)N1CCN(c2ccc(NC(=O)c3ccccc3F)cn2)CC1. The highest BCUT2D eigenvalue weighted by molar-refractivity contribution is 6.04. The van der Waals surface area contributed by atoms with Gasteiger partial charge in [-0.3, -0.25) is 9.59 Å². The Morgan fingerprint density at radius 1 is 1.03 bits per heavy atom. The van der Waals surface area contributed by atoms with Gasteiger partial charge in [0, 0.05) is 32.1 Å². The molecule has 2 heterocycles. The highest BCUT2D eigenvalue weighted by Gasteiger charge is 2.26. The molecule has 1 aliphatic heterocycles. The number of nitrogens with one attached hydrogen (secondary N) is 1. The first-order chi connectivity index (χ1) is 15.0. The monoisotopic (exact) mass is 426 g/mol. The van der Waals surface area contributed by atoms with Crippen LogP contribution in [-0.4, -0.2) is 47.9 Å². The normalized spacial score (nSPS) is 14.1. The Bertz CT molecular complexity index is 873. The number of benzene rings is 1. The molecule has 2 aromatic rings. The quantitative estimate of drug-likeness (QED) is 0.682. The van der Waals surface area contributed by atoms with Crippen molar-refractivity contribution in [3.05, 3.63) is 54.0 Å². The van der Waals surface area contributed by atoms with E-state index in [9.17, 15) is 14.0 Å². The summed E-state index contributed by atoms with van der Waals surface area (Å²) < 4.78 is 13.8. The molecule has 7 heteroatoms. The van der Waals surface area contributed by atoms with Crippen molar-refractivity contribution in [2.75, 3.05) is 36.4 Å². The summed E-state index contributed by atoms with van der Waals surface area (Å²) in [4.78, 5) is 33.6. The smallest absolute Gasteiger partial charge is 0.258 e. The molecule has 0 unspecified atom stereocenters. The maximum absolute atomic E-state index is 13.8. The Hall–Kier alpha value is -2.96. The van der Waals surface area contributed by atoms with E-state index in [1.54, 1.807) is 24.4 Å². The minimum atomic E-state index is -0.558. The lowest BCUT2D eigenvalue weighted by Gasteiger charge is -2.37. The third-order valence-corrected chi connectivity index (χ3v) is 5.66. The molecule has 166 valence electrons. The average Bonchev–Trinajstić information content (AvgIpc) is 2.79. The molecule has 0 saturated carbocycles. The van der Waals surface area contributed by atoms with Crippen LogP contribution in [0.5, 0.6) is 0 Å². The van der Waals surface area contributed by atoms with Gasteiger partial charge in [0.15, 0.2) is 0 Å². The van der Waals surface area contributed by atoms with Gasteiger partial charge in [0.1, 0.15) is 11.6 Å². The largest absolute Gasteiger partial charge is 0.353 e. The third-order valence-electron chi connectivity index (χ3n) is 5.66. The van der Waals surface area contributed by atoms with Crippen LogP contribution in [0.3, 0.4) is 0 Å². The van der Waals surface area contributed by atoms with E-state index >= 15 is 0 Å². The number of hydrogen-bond donors (Lipinski definition) is 1. The van der Waals surface area contributed by atoms with Crippen molar-refractivity contribution in [2.24, 2.45) is 5.92 Å². The summed E-state index contributed by atoms with van der Waals surface area (Å²) in [6, 6.07) is 9.47. The molecule has 0 atom stereocenters. The number of anilines is 2. The summed E-state index contributed by atoms with van der Waals surface area (Å²) in [7, 11) is 0. The number of aromatic nitrogens is 1. The zero-order chi connectivity index (χ0) is 22.2. The second-order valence-corrected chi connectivity index (χ2v) is 7.93. The molecule has 1 saturated heterocycles. The van der Waals surface area contributed by atoms with Gasteiger partial charge in [-0.25, -0.2) is 9.37 Å². The van der Waals surface area contributed by atoms with E-state index in [2.05, 4.69) is 29.0 Å². The second kappa shape index (κ2) is 10.9. The highest BCUT2D eigenvalue weighted by atomic mass is 19.1. The molecular formula is C24H31FN4O2. The van der Waals surface area contributed by atoms with Gasteiger partial charge in [-0.15, -0.1) is 0 Å². The maximum atomic E-state index is 13.8. The topological polar surface area (TPSA) is 65.5 Å². The molecule has 3 rings (SSSR count). The highest BCUT2D eigenvalue weighted by Crippen LogP contribution is 2.21. The van der Waals surface area contributed by atoms with Crippen LogP contribution in [0, 0.1) is 11.7 Å². The molecule has 0 aliphatic carbocycles. The lowest BCUT2D eigenvalue weighted by atomic mass is 9.96. The number of pyridine rings is 1. The number of halogens is 1. The minimum Gasteiger partial charge on any atom is -0.353 e. The first-order valence-corrected chi connectivity index (χ1v) is 11.1. The van der Waals surface area contributed by atoms with E-state index in [-0.39, 0.29) is 17.4 Å². The molecule has 1 N–H and O–H groups in total. The van der Waals surface area contributed by atoms with Crippen molar-refractivity contribution in [3.63, 3.8) is 0 Å². The van der Waals surface area contributed by atoms with Crippen LogP contribution in [0.15, 0.2) is 42.6 Å². The van der Waals surface area contributed by atoms with Gasteiger partial charge in [0.05, 0.1) is 17.4 Å². The fourth-order valence-electron chi connectivity index (χ4n) is 3.99. The van der Waals surface area contributed by atoms with Crippen LogP contribution in [0.25, 0.3) is 0 Å². The zero-order valence-electron chi connectivity index (χ0n) is 18.3. The number of amides is 2. The predicted molar refractivity (Wildman–Crippen MR) is 121 cm³/mol. The molecule has 1 aromatic heterocycles. The fourth-order valence-corrected chi connectivity index (χ4v) is 3.99. The molecule has 1 aromatic carbocycles. The summed E-state index contributed by atoms with van der Waals surface area (Å²) in [5, 5.41) is 2.67. The molecule has 1 aliphatic rings. The lowest BCUT2D eigenvalue weighted by Crippen LogP contribution is -2.50. The summed E-state index contributed by atoms with van der Waals surface area (Å²) in [5.41, 5.74) is 0.504. The van der Waals surface area contributed by atoms with Gasteiger partial charge in [-0.1, -0.05) is 38.8 Å². The van der Waals surface area contributed by atoms with Crippen molar-refractivity contribution in [3.8, 4) is 0 Å². The van der Waals surface area contributed by atoms with Crippen molar-refractivity contribution in [1.82, 2.24) is 9.88 Å². The van der Waals surface area contributed by atoms with E-state index in [1.807, 2.05) is 11.0 Å². The summed E-state index contributed by atoms with van der Waals surface area (Å²) in [6.45, 7) is 7.09. The van der Waals surface area contributed by atoms with E-state index in [0.717, 1.165) is 44.6 Å². The fraction of sp³-hybridized carbons (Fsp3) is 0.458. The molecule has 2 amide bonds. The number of rotatable bonds is 8. The first-order valence-electron chi connectivity index (χ1n) is 11.1. The molecule has 0 radical (unpaired) electrons. The van der Waals surface area contributed by atoms with Crippen LogP contribution in [0.2, 0.25) is 0 Å². The van der Waals surface area contributed by atoms with Crippen LogP contribution >= 0.6 is 0 Å². The number of piperazine rings is 1. The summed E-state index contributed by atoms with van der Waals surface area (Å²) in [6.07, 6.45) is 5.54. The number of carbonyl (C=O) groups is 2. The van der Waals surface area contributed by atoms with E-state index in [1.165, 1.54) is 12.1 Å². The van der Waals surface area contributed by atoms with Gasteiger partial charge in [-0.05, 0) is 37.1 Å². The first kappa shape index (κ1) is 22.7. The van der Waals surface area contributed by atoms with Gasteiger partial charge in [0.25, 0.3) is 5.91 Å². The maximum Gasteiger partial charge on any atom is 0.258 e. The van der Waals surface area contributed by atoms with Crippen LogP contribution < -0.4 is 10.2 Å². The molecule has 31 heavy (non-hydrogen) atoms. The Morgan fingerprint density at radius 2 is 1.71 bits per heavy atom.